The van der Waals surface area contributed by atoms with Crippen LogP contribution in [0.15, 0.2) is 59.9 Å². The molecule has 0 atom stereocenters. The van der Waals surface area contributed by atoms with Gasteiger partial charge in [-0.15, -0.1) is 4.91 Å². The van der Waals surface area contributed by atoms with Crippen LogP contribution in [0.25, 0.3) is 16.9 Å². The minimum atomic E-state index is -0.139. The van der Waals surface area contributed by atoms with Crippen LogP contribution in [-0.2, 0) is 6.61 Å². The van der Waals surface area contributed by atoms with Gasteiger partial charge in [0.2, 0.25) is 0 Å². The summed E-state index contributed by atoms with van der Waals surface area (Å²) < 4.78 is 1.74. The van der Waals surface area contributed by atoms with Crippen molar-refractivity contribution in [3.63, 3.8) is 0 Å². The lowest BCUT2D eigenvalue weighted by Gasteiger charge is -2.08. The summed E-state index contributed by atoms with van der Waals surface area (Å²) >= 11 is 5.93. The second-order valence-corrected chi connectivity index (χ2v) is 5.35. The average molecular weight is 359 g/mol. The maximum atomic E-state index is 10.8. The zero-order chi connectivity index (χ0) is 18.2. The zero-order valence-electron chi connectivity index (χ0n) is 13.0. The van der Waals surface area contributed by atoms with Crippen molar-refractivity contribution in [3.05, 3.63) is 75.8 Å². The number of carbonyl (C=O) groups excluding carboxylic acids is 1. The molecule has 25 heavy (non-hydrogen) atoms. The molecule has 3 N–H and O–H groups in total. The molecule has 1 aromatic heterocycles. The second-order valence-electron chi connectivity index (χ2n) is 4.91. The molecule has 0 spiro atoms. The smallest absolute Gasteiger partial charge is 0.150 e. The number of halogens is 1. The molecule has 3 aromatic rings. The van der Waals surface area contributed by atoms with E-state index in [0.717, 1.165) is 23.2 Å². The number of aliphatic hydroxyl groups excluding tert-OH is 1. The van der Waals surface area contributed by atoms with E-state index in [2.05, 4.69) is 10.9 Å². The maximum Gasteiger partial charge on any atom is 0.150 e. The second kappa shape index (κ2) is 8.72. The molecular formula is C17H15ClN4O3. The Bertz CT molecular complexity index is 845. The molecule has 0 radical (unpaired) electrons. The van der Waals surface area contributed by atoms with Gasteiger partial charge in [-0.1, -0.05) is 23.7 Å². The van der Waals surface area contributed by atoms with Gasteiger partial charge in [0, 0.05) is 21.4 Å². The Hall–Kier alpha value is -3.03. The van der Waals surface area contributed by atoms with Gasteiger partial charge in [0.15, 0.2) is 0 Å². The first-order valence-corrected chi connectivity index (χ1v) is 7.54. The summed E-state index contributed by atoms with van der Waals surface area (Å²) in [7, 11) is 0. The van der Waals surface area contributed by atoms with E-state index in [9.17, 15) is 9.90 Å². The van der Waals surface area contributed by atoms with Crippen LogP contribution in [-0.4, -0.2) is 21.2 Å². The van der Waals surface area contributed by atoms with E-state index in [1.807, 2.05) is 42.5 Å². The van der Waals surface area contributed by atoms with E-state index in [-0.39, 0.29) is 6.61 Å². The quantitative estimate of drug-likeness (QED) is 0.322. The molecule has 1 heterocycles. The van der Waals surface area contributed by atoms with E-state index < -0.39 is 0 Å². The molecule has 0 aliphatic rings. The normalized spacial score (nSPS) is 9.84. The van der Waals surface area contributed by atoms with E-state index in [0.29, 0.717) is 16.3 Å². The van der Waals surface area contributed by atoms with Crippen LogP contribution in [0.5, 0.6) is 0 Å². The maximum absolute atomic E-state index is 10.8. The number of hydrogen-bond acceptors (Lipinski definition) is 5. The lowest BCUT2D eigenvalue weighted by Crippen LogP contribution is -2.00. The molecule has 0 bridgehead atoms. The molecule has 0 saturated heterocycles. The van der Waals surface area contributed by atoms with Crippen molar-refractivity contribution in [3.8, 4) is 16.9 Å². The fourth-order valence-corrected chi connectivity index (χ4v) is 2.35. The molecule has 0 unspecified atom stereocenters. The molecule has 0 saturated carbocycles. The van der Waals surface area contributed by atoms with Crippen molar-refractivity contribution in [2.45, 2.75) is 6.61 Å². The molecule has 0 amide bonds. The Morgan fingerprint density at radius 2 is 1.76 bits per heavy atom. The standard InChI is InChI=1S/C17H13ClN2O2.H2N2O/c18-14-5-3-13(4-6-14)17-9-15(11-22)19-20(17)16-7-1-12(10-21)2-8-16;1-2-3/h1-10,22H,11H2;(H2,1,3). The first-order chi connectivity index (χ1) is 12.1. The van der Waals surface area contributed by atoms with E-state index >= 15 is 0 Å². The Labute approximate surface area is 148 Å². The van der Waals surface area contributed by atoms with Crippen LogP contribution in [0.2, 0.25) is 5.02 Å². The monoisotopic (exact) mass is 358 g/mol. The van der Waals surface area contributed by atoms with Gasteiger partial charge in [-0.05, 0) is 42.5 Å². The van der Waals surface area contributed by atoms with Crippen LogP contribution in [0.4, 0.5) is 0 Å². The highest BCUT2D eigenvalue weighted by Gasteiger charge is 2.11. The van der Waals surface area contributed by atoms with Crippen molar-refractivity contribution in [2.75, 3.05) is 0 Å². The highest BCUT2D eigenvalue weighted by atomic mass is 35.5. The fourth-order valence-electron chi connectivity index (χ4n) is 2.22. The predicted molar refractivity (Wildman–Crippen MR) is 95.3 cm³/mol. The van der Waals surface area contributed by atoms with Crippen molar-refractivity contribution in [1.29, 1.82) is 0 Å². The van der Waals surface area contributed by atoms with Crippen molar-refractivity contribution >= 4 is 17.9 Å². The average Bonchev–Trinajstić information content (AvgIpc) is 3.07. The Kier molecular flexibility index (Phi) is 6.39. The fraction of sp³-hybridized carbons (Fsp3) is 0.0588. The van der Waals surface area contributed by atoms with Gasteiger partial charge in [-0.2, -0.15) is 5.10 Å². The Balaban J connectivity index is 0.000000701. The first kappa shape index (κ1) is 18.3. The van der Waals surface area contributed by atoms with Gasteiger partial charge in [0.1, 0.15) is 6.29 Å². The molecule has 0 fully saturated rings. The highest BCUT2D eigenvalue weighted by molar-refractivity contribution is 6.30. The third kappa shape index (κ3) is 4.50. The van der Waals surface area contributed by atoms with Crippen molar-refractivity contribution in [1.82, 2.24) is 9.78 Å². The molecular weight excluding hydrogens is 344 g/mol. The lowest BCUT2D eigenvalue weighted by molar-refractivity contribution is 0.112. The SMILES string of the molecule is NN=O.O=Cc1ccc(-n2nc(CO)cc2-c2ccc(Cl)cc2)cc1. The summed E-state index contributed by atoms with van der Waals surface area (Å²) in [5.74, 6) is 3.92. The summed E-state index contributed by atoms with van der Waals surface area (Å²) in [6.07, 6.45) is 0.798. The van der Waals surface area contributed by atoms with Crippen LogP contribution in [0.1, 0.15) is 16.1 Å². The van der Waals surface area contributed by atoms with Crippen LogP contribution < -0.4 is 5.84 Å². The summed E-state index contributed by atoms with van der Waals surface area (Å²) in [6.45, 7) is -0.139. The number of nitroso groups, excluding NO2 is 1. The Morgan fingerprint density at radius 1 is 1.16 bits per heavy atom. The lowest BCUT2D eigenvalue weighted by atomic mass is 10.1. The van der Waals surface area contributed by atoms with Gasteiger partial charge >= 0.3 is 0 Å². The summed E-state index contributed by atoms with van der Waals surface area (Å²) in [5, 5.41) is 16.2. The van der Waals surface area contributed by atoms with E-state index in [1.54, 1.807) is 22.1 Å². The highest BCUT2D eigenvalue weighted by Crippen LogP contribution is 2.25. The number of rotatable bonds is 4. The van der Waals surface area contributed by atoms with Crippen LogP contribution >= 0.6 is 11.6 Å². The molecule has 3 rings (SSSR count). The number of benzene rings is 2. The summed E-state index contributed by atoms with van der Waals surface area (Å²) in [5.41, 5.74) is 3.78. The van der Waals surface area contributed by atoms with Gasteiger partial charge in [-0.25, -0.2) is 4.68 Å². The van der Waals surface area contributed by atoms with Gasteiger partial charge in [0.25, 0.3) is 0 Å². The number of aldehydes is 1. The van der Waals surface area contributed by atoms with Crippen LogP contribution in [0, 0.1) is 4.91 Å². The zero-order valence-corrected chi connectivity index (χ0v) is 13.8. The molecule has 2 aromatic carbocycles. The predicted octanol–water partition coefficient (Wildman–Crippen LogP) is 3.12. The van der Waals surface area contributed by atoms with Crippen LogP contribution in [0.3, 0.4) is 0 Å². The van der Waals surface area contributed by atoms with E-state index in [1.165, 1.54) is 0 Å². The molecule has 0 aliphatic carbocycles. The Morgan fingerprint density at radius 3 is 2.28 bits per heavy atom. The number of hydrogen-bond donors (Lipinski definition) is 2. The molecule has 128 valence electrons. The number of nitrogens with zero attached hydrogens (tertiary/aromatic N) is 3. The molecule has 0 aliphatic heterocycles. The van der Waals surface area contributed by atoms with Crippen molar-refractivity contribution in [2.24, 2.45) is 11.1 Å². The number of carbonyl (C=O) groups is 1. The van der Waals surface area contributed by atoms with Gasteiger partial charge in [0.05, 0.1) is 23.7 Å². The first-order valence-electron chi connectivity index (χ1n) is 7.16. The topological polar surface area (TPSA) is 111 Å². The minimum Gasteiger partial charge on any atom is -0.390 e. The third-order valence-electron chi connectivity index (χ3n) is 3.34. The van der Waals surface area contributed by atoms with E-state index in [4.69, 9.17) is 16.5 Å². The number of aromatic nitrogens is 2. The summed E-state index contributed by atoms with van der Waals surface area (Å²) in [6, 6.07) is 16.3. The third-order valence-corrected chi connectivity index (χ3v) is 3.59. The molecule has 8 heteroatoms. The number of nitrogens with two attached hydrogens (primary N) is 1. The van der Waals surface area contributed by atoms with Gasteiger partial charge < -0.3 is 5.11 Å². The van der Waals surface area contributed by atoms with Gasteiger partial charge in [-0.3, -0.25) is 10.6 Å². The largest absolute Gasteiger partial charge is 0.390 e. The minimum absolute atomic E-state index is 0.139. The summed E-state index contributed by atoms with van der Waals surface area (Å²) in [4.78, 5) is 19.1. The molecule has 7 nitrogen and oxygen atoms in total. The number of aliphatic hydroxyl groups is 1. The van der Waals surface area contributed by atoms with Crippen molar-refractivity contribution < 1.29 is 9.90 Å².